The van der Waals surface area contributed by atoms with Crippen molar-refractivity contribution in [3.63, 3.8) is 0 Å². The zero-order chi connectivity index (χ0) is 16.2. The van der Waals surface area contributed by atoms with Gasteiger partial charge in [-0.3, -0.25) is 0 Å². The van der Waals surface area contributed by atoms with Gasteiger partial charge in [0.25, 0.3) is 0 Å². The van der Waals surface area contributed by atoms with Crippen LogP contribution >= 0.6 is 0 Å². The van der Waals surface area contributed by atoms with E-state index >= 15 is 0 Å². The molecule has 0 aliphatic rings. The maximum Gasteiger partial charge on any atom is 0.417 e. The molecule has 0 heterocycles. The first-order valence-electron chi connectivity index (χ1n) is 5.48. The molecule has 0 unspecified atom stereocenters. The minimum absolute atomic E-state index is 0.129. The van der Waals surface area contributed by atoms with Gasteiger partial charge in [0.1, 0.15) is 11.3 Å². The number of halogens is 5. The Bertz CT molecular complexity index is 577. The molecule has 21 heavy (non-hydrogen) atoms. The van der Waals surface area contributed by atoms with Crippen molar-refractivity contribution in [2.45, 2.75) is 19.7 Å². The zero-order valence-corrected chi connectivity index (χ0v) is 10.5. The monoisotopic (exact) mass is 309 g/mol. The number of carbonyl (C=O) groups is 1. The summed E-state index contributed by atoms with van der Waals surface area (Å²) in [5.74, 6) is -2.17. The third-order valence-electron chi connectivity index (χ3n) is 2.26. The normalized spacial score (nSPS) is 11.1. The Balaban J connectivity index is 3.49. The molecular weight excluding hydrogens is 301 g/mol. The fourth-order valence-electron chi connectivity index (χ4n) is 1.47. The van der Waals surface area contributed by atoms with Gasteiger partial charge >= 0.3 is 18.8 Å². The predicted molar refractivity (Wildman–Crippen MR) is 58.7 cm³/mol. The molecule has 114 valence electrons. The van der Waals surface area contributed by atoms with Crippen LogP contribution in [0.15, 0.2) is 12.1 Å². The first-order valence-corrected chi connectivity index (χ1v) is 5.48. The van der Waals surface area contributed by atoms with Crippen LogP contribution in [0.4, 0.5) is 22.0 Å². The van der Waals surface area contributed by atoms with Crippen molar-refractivity contribution in [1.82, 2.24) is 0 Å². The zero-order valence-electron chi connectivity index (χ0n) is 10.5. The Morgan fingerprint density at radius 3 is 2.43 bits per heavy atom. The molecule has 0 aliphatic heterocycles. The van der Waals surface area contributed by atoms with Crippen molar-refractivity contribution in [2.24, 2.45) is 0 Å². The van der Waals surface area contributed by atoms with Gasteiger partial charge in [-0.15, -0.1) is 0 Å². The lowest BCUT2D eigenvalue weighted by molar-refractivity contribution is -0.138. The van der Waals surface area contributed by atoms with Crippen LogP contribution in [0.3, 0.4) is 0 Å². The number of esters is 1. The predicted octanol–water partition coefficient (Wildman–Crippen LogP) is 3.36. The fourth-order valence-corrected chi connectivity index (χ4v) is 1.47. The molecule has 1 aromatic carbocycles. The molecule has 0 fully saturated rings. The Morgan fingerprint density at radius 2 is 2.00 bits per heavy atom. The average Bonchev–Trinajstić information content (AvgIpc) is 2.36. The number of rotatable bonds is 4. The summed E-state index contributed by atoms with van der Waals surface area (Å²) in [4.78, 5) is 11.5. The topological polar surface area (TPSA) is 59.3 Å². The van der Waals surface area contributed by atoms with E-state index in [2.05, 4.69) is 9.47 Å². The minimum atomic E-state index is -4.96. The summed E-state index contributed by atoms with van der Waals surface area (Å²) in [5, 5.41) is 8.70. The molecule has 0 saturated heterocycles. The van der Waals surface area contributed by atoms with Crippen LogP contribution in [0.25, 0.3) is 0 Å². The second-order valence-corrected chi connectivity index (χ2v) is 3.60. The molecule has 0 atom stereocenters. The number of benzene rings is 1. The van der Waals surface area contributed by atoms with Crippen molar-refractivity contribution in [1.29, 1.82) is 5.26 Å². The molecule has 1 rings (SSSR count). The van der Waals surface area contributed by atoms with E-state index in [1.807, 2.05) is 0 Å². The van der Waals surface area contributed by atoms with E-state index in [0.29, 0.717) is 6.07 Å². The van der Waals surface area contributed by atoms with Crippen LogP contribution < -0.4 is 4.74 Å². The van der Waals surface area contributed by atoms with E-state index in [9.17, 15) is 26.7 Å². The van der Waals surface area contributed by atoms with Crippen LogP contribution in [0, 0.1) is 11.3 Å². The Morgan fingerprint density at radius 1 is 1.38 bits per heavy atom. The number of nitriles is 1. The lowest BCUT2D eigenvalue weighted by atomic mass is 10.0. The molecule has 0 saturated carbocycles. The van der Waals surface area contributed by atoms with E-state index in [4.69, 9.17) is 5.26 Å². The van der Waals surface area contributed by atoms with E-state index in [1.165, 1.54) is 13.0 Å². The average molecular weight is 309 g/mol. The van der Waals surface area contributed by atoms with Crippen molar-refractivity contribution >= 4 is 5.97 Å². The molecule has 0 spiro atoms. The highest BCUT2D eigenvalue weighted by atomic mass is 19.4. The summed E-state index contributed by atoms with van der Waals surface area (Å²) in [6.45, 7) is -2.15. The van der Waals surface area contributed by atoms with Gasteiger partial charge in [-0.05, 0) is 19.1 Å². The highest BCUT2D eigenvalue weighted by Gasteiger charge is 2.36. The molecule has 0 aliphatic carbocycles. The molecular formula is C12H8F5NO3. The summed E-state index contributed by atoms with van der Waals surface area (Å²) >= 11 is 0. The summed E-state index contributed by atoms with van der Waals surface area (Å²) in [6.07, 6.45) is -4.96. The van der Waals surface area contributed by atoms with Crippen molar-refractivity contribution < 1.29 is 36.2 Å². The lowest BCUT2D eigenvalue weighted by Crippen LogP contribution is -2.15. The largest absolute Gasteiger partial charge is 0.462 e. The Labute approximate surface area is 115 Å². The van der Waals surface area contributed by atoms with Gasteiger partial charge in [0.2, 0.25) is 0 Å². The quantitative estimate of drug-likeness (QED) is 0.632. The number of ether oxygens (including phenoxy) is 2. The Hall–Kier alpha value is -2.37. The Kier molecular flexibility index (Phi) is 5.07. The standard InChI is InChI=1S/C12H8F5NO3/c1-2-20-10(19)7-3-6(5-18)8(12(15,16)17)4-9(7)21-11(13)14/h3-4,11H,2H2,1H3. The molecule has 0 bridgehead atoms. The van der Waals surface area contributed by atoms with Gasteiger partial charge in [0.15, 0.2) is 0 Å². The van der Waals surface area contributed by atoms with E-state index in [0.717, 1.165) is 0 Å². The van der Waals surface area contributed by atoms with Gasteiger partial charge in [-0.25, -0.2) is 4.79 Å². The highest BCUT2D eigenvalue weighted by Crippen LogP contribution is 2.36. The highest BCUT2D eigenvalue weighted by molar-refractivity contribution is 5.93. The van der Waals surface area contributed by atoms with Gasteiger partial charge in [0.05, 0.1) is 23.8 Å². The summed E-state index contributed by atoms with van der Waals surface area (Å²) in [7, 11) is 0. The molecule has 4 nitrogen and oxygen atoms in total. The summed E-state index contributed by atoms with van der Waals surface area (Å²) in [6, 6.07) is 1.94. The van der Waals surface area contributed by atoms with E-state index in [1.54, 1.807) is 0 Å². The van der Waals surface area contributed by atoms with Gasteiger partial charge in [-0.2, -0.15) is 27.2 Å². The molecule has 1 aromatic rings. The number of nitrogens with zero attached hydrogens (tertiary/aromatic N) is 1. The number of carbonyl (C=O) groups excluding carboxylic acids is 1. The summed E-state index contributed by atoms with van der Waals surface area (Å²) < 4.78 is 71.1. The first-order chi connectivity index (χ1) is 9.70. The third kappa shape index (κ3) is 4.05. The molecule has 9 heteroatoms. The molecule has 0 amide bonds. The van der Waals surface area contributed by atoms with Crippen LogP contribution in [-0.2, 0) is 10.9 Å². The molecule has 0 aromatic heterocycles. The van der Waals surface area contributed by atoms with Crippen molar-refractivity contribution in [2.75, 3.05) is 6.61 Å². The number of hydrogen-bond acceptors (Lipinski definition) is 4. The number of alkyl halides is 5. The van der Waals surface area contributed by atoms with Crippen molar-refractivity contribution in [3.05, 3.63) is 28.8 Å². The van der Waals surface area contributed by atoms with Crippen LogP contribution in [0.2, 0.25) is 0 Å². The van der Waals surface area contributed by atoms with Crippen LogP contribution in [0.5, 0.6) is 5.75 Å². The van der Waals surface area contributed by atoms with Gasteiger partial charge in [0, 0.05) is 0 Å². The maximum absolute atomic E-state index is 12.7. The second kappa shape index (κ2) is 6.39. The third-order valence-corrected chi connectivity index (χ3v) is 2.26. The van der Waals surface area contributed by atoms with Gasteiger partial charge < -0.3 is 9.47 Å². The maximum atomic E-state index is 12.7. The fraction of sp³-hybridized carbons (Fsp3) is 0.333. The second-order valence-electron chi connectivity index (χ2n) is 3.60. The van der Waals surface area contributed by atoms with Crippen molar-refractivity contribution in [3.8, 4) is 11.8 Å². The van der Waals surface area contributed by atoms with Crippen LogP contribution in [0.1, 0.15) is 28.4 Å². The first kappa shape index (κ1) is 16.7. The SMILES string of the molecule is CCOC(=O)c1cc(C#N)c(C(F)(F)F)cc1OC(F)F. The summed E-state index contributed by atoms with van der Waals surface area (Å²) in [5.41, 5.74) is -3.05. The smallest absolute Gasteiger partial charge is 0.417 e. The molecule has 0 N–H and O–H groups in total. The number of hydrogen-bond donors (Lipinski definition) is 0. The van der Waals surface area contributed by atoms with E-state index < -0.39 is 41.2 Å². The van der Waals surface area contributed by atoms with Gasteiger partial charge in [-0.1, -0.05) is 0 Å². The van der Waals surface area contributed by atoms with E-state index in [-0.39, 0.29) is 12.7 Å². The minimum Gasteiger partial charge on any atom is -0.462 e. The lowest BCUT2D eigenvalue weighted by Gasteiger charge is -2.15. The molecule has 0 radical (unpaired) electrons. The van der Waals surface area contributed by atoms with Crippen LogP contribution in [-0.4, -0.2) is 19.2 Å².